The first kappa shape index (κ1) is 15.2. The lowest BCUT2D eigenvalue weighted by atomic mass is 10.1. The Balaban J connectivity index is 2.20. The summed E-state index contributed by atoms with van der Waals surface area (Å²) >= 11 is 7.46. The van der Waals surface area contributed by atoms with Crippen LogP contribution in [-0.4, -0.2) is 0 Å². The fourth-order valence-electron chi connectivity index (χ4n) is 1.82. The molecule has 0 saturated heterocycles. The van der Waals surface area contributed by atoms with Crippen molar-refractivity contribution in [1.82, 2.24) is 0 Å². The third kappa shape index (κ3) is 3.46. The molecule has 1 aromatic heterocycles. The van der Waals surface area contributed by atoms with Crippen molar-refractivity contribution >= 4 is 28.6 Å². The van der Waals surface area contributed by atoms with Crippen LogP contribution in [0.5, 0.6) is 0 Å². The van der Waals surface area contributed by atoms with Gasteiger partial charge in [0.1, 0.15) is 0 Å². The van der Waals surface area contributed by atoms with Crippen molar-refractivity contribution in [2.75, 3.05) is 5.32 Å². The molecule has 0 radical (unpaired) electrons. The van der Waals surface area contributed by atoms with E-state index in [1.165, 1.54) is 17.0 Å². The van der Waals surface area contributed by atoms with E-state index in [-0.39, 0.29) is 10.7 Å². The Morgan fingerprint density at radius 3 is 2.45 bits per heavy atom. The highest BCUT2D eigenvalue weighted by Gasteiger charge is 2.34. The van der Waals surface area contributed by atoms with E-state index in [4.69, 9.17) is 11.6 Å². The zero-order valence-corrected chi connectivity index (χ0v) is 12.3. The minimum atomic E-state index is -4.42. The molecule has 0 aliphatic rings. The minimum Gasteiger partial charge on any atom is -0.378 e. The number of rotatable bonds is 4. The van der Waals surface area contributed by atoms with E-state index in [1.54, 1.807) is 11.3 Å². The highest BCUT2D eigenvalue weighted by Crippen LogP contribution is 2.38. The Morgan fingerprint density at radius 1 is 1.15 bits per heavy atom. The van der Waals surface area contributed by atoms with Crippen LogP contribution in [0.25, 0.3) is 0 Å². The van der Waals surface area contributed by atoms with Crippen LogP contribution in [0.1, 0.15) is 22.2 Å². The predicted octanol–water partition coefficient (Wildman–Crippen LogP) is 5.59. The average molecular weight is 320 g/mol. The molecule has 1 N–H and O–H groups in total. The number of hydrogen-bond acceptors (Lipinski definition) is 2. The SMILES string of the molecule is CCc1ccc(CNc2c(Cl)cccc2C(F)(F)F)s1. The first-order valence-electron chi connectivity index (χ1n) is 6.09. The van der Waals surface area contributed by atoms with E-state index < -0.39 is 11.7 Å². The van der Waals surface area contributed by atoms with Crippen LogP contribution in [0.2, 0.25) is 5.02 Å². The molecule has 0 unspecified atom stereocenters. The van der Waals surface area contributed by atoms with Gasteiger partial charge in [-0.1, -0.05) is 24.6 Å². The first-order valence-corrected chi connectivity index (χ1v) is 7.28. The van der Waals surface area contributed by atoms with Crippen molar-refractivity contribution in [2.45, 2.75) is 26.1 Å². The molecule has 2 aromatic rings. The maximum atomic E-state index is 12.9. The van der Waals surface area contributed by atoms with E-state index >= 15 is 0 Å². The second-order valence-corrected chi connectivity index (χ2v) is 5.90. The number of benzene rings is 1. The van der Waals surface area contributed by atoms with Crippen LogP contribution >= 0.6 is 22.9 Å². The van der Waals surface area contributed by atoms with Crippen molar-refractivity contribution in [3.05, 3.63) is 50.7 Å². The molecule has 0 fully saturated rings. The van der Waals surface area contributed by atoms with Crippen molar-refractivity contribution in [2.24, 2.45) is 0 Å². The molecule has 0 saturated carbocycles. The third-order valence-electron chi connectivity index (χ3n) is 2.82. The molecule has 0 atom stereocenters. The van der Waals surface area contributed by atoms with Crippen LogP contribution in [0.3, 0.4) is 0 Å². The number of nitrogens with one attached hydrogen (secondary N) is 1. The Kier molecular flexibility index (Phi) is 4.60. The predicted molar refractivity (Wildman–Crippen MR) is 77.5 cm³/mol. The van der Waals surface area contributed by atoms with Gasteiger partial charge in [-0.05, 0) is 30.7 Å². The molecule has 0 aliphatic heterocycles. The standard InChI is InChI=1S/C14H13ClF3NS/c1-2-9-6-7-10(20-9)8-19-13-11(14(16,17)18)4-3-5-12(13)15/h3-7,19H,2,8H2,1H3. The van der Waals surface area contributed by atoms with Crippen molar-refractivity contribution < 1.29 is 13.2 Å². The van der Waals surface area contributed by atoms with E-state index in [9.17, 15) is 13.2 Å². The average Bonchev–Trinajstić information content (AvgIpc) is 2.84. The van der Waals surface area contributed by atoms with Gasteiger partial charge < -0.3 is 5.32 Å². The number of anilines is 1. The third-order valence-corrected chi connectivity index (χ3v) is 4.37. The van der Waals surface area contributed by atoms with Crippen LogP contribution < -0.4 is 5.32 Å². The molecule has 6 heteroatoms. The Morgan fingerprint density at radius 2 is 1.85 bits per heavy atom. The summed E-state index contributed by atoms with van der Waals surface area (Å²) in [7, 11) is 0. The number of para-hydroxylation sites is 1. The van der Waals surface area contributed by atoms with Crippen molar-refractivity contribution in [3.8, 4) is 0 Å². The van der Waals surface area contributed by atoms with E-state index in [0.29, 0.717) is 6.54 Å². The second kappa shape index (κ2) is 6.06. The van der Waals surface area contributed by atoms with Crippen LogP contribution in [0.4, 0.5) is 18.9 Å². The van der Waals surface area contributed by atoms with Gasteiger partial charge in [0.25, 0.3) is 0 Å². The highest BCUT2D eigenvalue weighted by atomic mass is 35.5. The molecule has 0 aliphatic carbocycles. The zero-order valence-electron chi connectivity index (χ0n) is 10.7. The van der Waals surface area contributed by atoms with Gasteiger partial charge in [0, 0.05) is 16.3 Å². The Hall–Kier alpha value is -1.20. The van der Waals surface area contributed by atoms with Gasteiger partial charge in [-0.25, -0.2) is 0 Å². The quantitative estimate of drug-likeness (QED) is 0.774. The monoisotopic (exact) mass is 319 g/mol. The molecule has 1 aromatic carbocycles. The summed E-state index contributed by atoms with van der Waals surface area (Å²) in [5, 5.41) is 2.88. The number of thiophene rings is 1. The topological polar surface area (TPSA) is 12.0 Å². The number of aryl methyl sites for hydroxylation is 1. The summed E-state index contributed by atoms with van der Waals surface area (Å²) in [6.07, 6.45) is -3.50. The van der Waals surface area contributed by atoms with Gasteiger partial charge in [-0.3, -0.25) is 0 Å². The lowest BCUT2D eigenvalue weighted by molar-refractivity contribution is -0.136. The molecule has 20 heavy (non-hydrogen) atoms. The van der Waals surface area contributed by atoms with Gasteiger partial charge in [-0.2, -0.15) is 13.2 Å². The number of hydrogen-bond donors (Lipinski definition) is 1. The first-order chi connectivity index (χ1) is 9.41. The molecule has 108 valence electrons. The molecule has 2 rings (SSSR count). The van der Waals surface area contributed by atoms with Gasteiger partial charge >= 0.3 is 6.18 Å². The largest absolute Gasteiger partial charge is 0.418 e. The fraction of sp³-hybridized carbons (Fsp3) is 0.286. The fourth-order valence-corrected chi connectivity index (χ4v) is 2.96. The van der Waals surface area contributed by atoms with Gasteiger partial charge in [-0.15, -0.1) is 11.3 Å². The van der Waals surface area contributed by atoms with Crippen LogP contribution in [0, 0.1) is 0 Å². The Labute approximate surface area is 124 Å². The summed E-state index contributed by atoms with van der Waals surface area (Å²) in [5.74, 6) is 0. The maximum absolute atomic E-state index is 12.9. The summed E-state index contributed by atoms with van der Waals surface area (Å²) in [4.78, 5) is 2.19. The number of alkyl halides is 3. The molecular formula is C14H13ClF3NS. The van der Waals surface area contributed by atoms with Gasteiger partial charge in [0.2, 0.25) is 0 Å². The summed E-state index contributed by atoms with van der Waals surface area (Å²) in [6.45, 7) is 2.37. The smallest absolute Gasteiger partial charge is 0.378 e. The number of halogens is 4. The molecule has 0 amide bonds. The van der Waals surface area contributed by atoms with Gasteiger partial charge in [0.05, 0.1) is 16.3 Å². The van der Waals surface area contributed by atoms with Crippen LogP contribution in [0.15, 0.2) is 30.3 Å². The van der Waals surface area contributed by atoms with E-state index in [0.717, 1.165) is 17.4 Å². The van der Waals surface area contributed by atoms with Crippen molar-refractivity contribution in [3.63, 3.8) is 0 Å². The second-order valence-electron chi connectivity index (χ2n) is 4.24. The Bertz CT molecular complexity index is 592. The summed E-state index contributed by atoms with van der Waals surface area (Å²) in [5.41, 5.74) is -0.801. The maximum Gasteiger partial charge on any atom is 0.418 e. The zero-order chi connectivity index (χ0) is 14.8. The molecule has 1 heterocycles. The van der Waals surface area contributed by atoms with Crippen LogP contribution in [-0.2, 0) is 19.1 Å². The molecule has 1 nitrogen and oxygen atoms in total. The molecular weight excluding hydrogens is 307 g/mol. The lowest BCUT2D eigenvalue weighted by Crippen LogP contribution is -2.10. The van der Waals surface area contributed by atoms with E-state index in [2.05, 4.69) is 5.32 Å². The lowest BCUT2D eigenvalue weighted by Gasteiger charge is -2.15. The highest BCUT2D eigenvalue weighted by molar-refractivity contribution is 7.12. The van der Waals surface area contributed by atoms with Crippen molar-refractivity contribution in [1.29, 1.82) is 0 Å². The van der Waals surface area contributed by atoms with E-state index in [1.807, 2.05) is 19.1 Å². The van der Waals surface area contributed by atoms with Gasteiger partial charge in [0.15, 0.2) is 0 Å². The minimum absolute atomic E-state index is 0.0619. The normalized spacial score (nSPS) is 11.7. The molecule has 0 spiro atoms. The summed E-state index contributed by atoms with van der Waals surface area (Å²) < 4.78 is 38.8. The summed E-state index contributed by atoms with van der Waals surface area (Å²) in [6, 6.07) is 7.68. The molecule has 0 bridgehead atoms.